The number of rotatable bonds is 5. The predicted octanol–water partition coefficient (Wildman–Crippen LogP) is 3.97. The standard InChI is InChI=1S/C24H28N2O3/c27-22(14-24-11-16-7-17(12-24)9-18(8-16)13-24)25-26-23(28)15-29-21-6-5-19-3-1-2-4-20(19)10-21/h1-6,10,16-18H,7-9,11-15H2,(H,25,27)(H,26,28). The van der Waals surface area contributed by atoms with Crippen molar-refractivity contribution in [2.24, 2.45) is 23.2 Å². The van der Waals surface area contributed by atoms with Gasteiger partial charge < -0.3 is 4.74 Å². The minimum absolute atomic E-state index is 0.0778. The van der Waals surface area contributed by atoms with E-state index in [4.69, 9.17) is 4.74 Å². The molecule has 152 valence electrons. The summed E-state index contributed by atoms with van der Waals surface area (Å²) in [6.45, 7) is -0.129. The third kappa shape index (κ3) is 3.96. The van der Waals surface area contributed by atoms with E-state index in [1.54, 1.807) is 0 Å². The highest BCUT2D eigenvalue weighted by Crippen LogP contribution is 2.61. The molecule has 0 spiro atoms. The maximum atomic E-state index is 12.5. The van der Waals surface area contributed by atoms with Crippen LogP contribution >= 0.6 is 0 Å². The smallest absolute Gasteiger partial charge is 0.276 e. The number of amides is 2. The van der Waals surface area contributed by atoms with Gasteiger partial charge in [-0.1, -0.05) is 30.3 Å². The second-order valence-corrected chi connectivity index (χ2v) is 9.49. The quantitative estimate of drug-likeness (QED) is 0.757. The Bertz CT molecular complexity index is 903. The largest absolute Gasteiger partial charge is 0.484 e. The van der Waals surface area contributed by atoms with Gasteiger partial charge in [-0.25, -0.2) is 0 Å². The topological polar surface area (TPSA) is 67.4 Å². The first-order valence-electron chi connectivity index (χ1n) is 10.8. The number of carbonyl (C=O) groups excluding carboxylic acids is 2. The van der Waals surface area contributed by atoms with Gasteiger partial charge in [0.05, 0.1) is 0 Å². The van der Waals surface area contributed by atoms with Crippen molar-refractivity contribution in [2.75, 3.05) is 6.61 Å². The Labute approximate surface area is 171 Å². The Morgan fingerprint density at radius 1 is 0.862 bits per heavy atom. The lowest BCUT2D eigenvalue weighted by molar-refractivity contribution is -0.134. The van der Waals surface area contributed by atoms with Crippen LogP contribution in [0, 0.1) is 23.2 Å². The van der Waals surface area contributed by atoms with Crippen LogP contribution in [-0.4, -0.2) is 18.4 Å². The molecule has 5 nitrogen and oxygen atoms in total. The zero-order valence-electron chi connectivity index (χ0n) is 16.7. The Balaban J connectivity index is 1.09. The van der Waals surface area contributed by atoms with Gasteiger partial charge in [0.1, 0.15) is 5.75 Å². The summed E-state index contributed by atoms with van der Waals surface area (Å²) in [6.07, 6.45) is 8.18. The molecule has 0 unspecified atom stereocenters. The van der Waals surface area contributed by atoms with Crippen LogP contribution in [0.15, 0.2) is 42.5 Å². The molecule has 4 bridgehead atoms. The molecule has 6 rings (SSSR count). The monoisotopic (exact) mass is 392 g/mol. The molecule has 0 aliphatic heterocycles. The zero-order valence-corrected chi connectivity index (χ0v) is 16.7. The Hall–Kier alpha value is -2.56. The lowest BCUT2D eigenvalue weighted by Crippen LogP contribution is -2.50. The highest BCUT2D eigenvalue weighted by atomic mass is 16.5. The lowest BCUT2D eigenvalue weighted by Gasteiger charge is -2.56. The van der Waals surface area contributed by atoms with Crippen molar-refractivity contribution in [1.82, 2.24) is 10.9 Å². The number of hydrazine groups is 1. The van der Waals surface area contributed by atoms with Crippen LogP contribution in [0.2, 0.25) is 0 Å². The summed E-state index contributed by atoms with van der Waals surface area (Å²) in [7, 11) is 0. The van der Waals surface area contributed by atoms with Gasteiger partial charge >= 0.3 is 0 Å². The lowest BCUT2D eigenvalue weighted by atomic mass is 9.49. The first-order valence-corrected chi connectivity index (χ1v) is 10.8. The molecule has 0 aromatic heterocycles. The van der Waals surface area contributed by atoms with Gasteiger partial charge in [-0.15, -0.1) is 0 Å². The van der Waals surface area contributed by atoms with Crippen LogP contribution in [0.5, 0.6) is 5.75 Å². The van der Waals surface area contributed by atoms with Crippen molar-refractivity contribution in [1.29, 1.82) is 0 Å². The summed E-state index contributed by atoms with van der Waals surface area (Å²) in [5.74, 6) is 2.67. The van der Waals surface area contributed by atoms with E-state index in [0.717, 1.165) is 28.5 Å². The number of hydrogen-bond donors (Lipinski definition) is 2. The first kappa shape index (κ1) is 18.5. The third-order valence-corrected chi connectivity index (χ3v) is 7.13. The molecular formula is C24H28N2O3. The van der Waals surface area contributed by atoms with Crippen molar-refractivity contribution in [3.05, 3.63) is 42.5 Å². The summed E-state index contributed by atoms with van der Waals surface area (Å²) in [5, 5.41) is 2.19. The summed E-state index contributed by atoms with van der Waals surface area (Å²) in [6, 6.07) is 13.7. The molecular weight excluding hydrogens is 364 g/mol. The second kappa shape index (κ2) is 7.36. The van der Waals surface area contributed by atoms with E-state index in [-0.39, 0.29) is 23.8 Å². The van der Waals surface area contributed by atoms with Gasteiger partial charge in [-0.05, 0) is 84.6 Å². The highest BCUT2D eigenvalue weighted by molar-refractivity contribution is 5.85. The molecule has 4 aliphatic carbocycles. The van der Waals surface area contributed by atoms with Gasteiger partial charge in [0.25, 0.3) is 5.91 Å². The Morgan fingerprint density at radius 2 is 1.48 bits per heavy atom. The maximum Gasteiger partial charge on any atom is 0.276 e. The number of fused-ring (bicyclic) bond motifs is 1. The van der Waals surface area contributed by atoms with Gasteiger partial charge in [0.2, 0.25) is 5.91 Å². The van der Waals surface area contributed by atoms with Gasteiger partial charge in [-0.3, -0.25) is 20.4 Å². The first-order chi connectivity index (χ1) is 14.1. The summed E-state index contributed by atoms with van der Waals surface area (Å²) >= 11 is 0. The molecule has 2 N–H and O–H groups in total. The highest BCUT2D eigenvalue weighted by Gasteiger charge is 2.51. The minimum Gasteiger partial charge on any atom is -0.484 e. The fraction of sp³-hybridized carbons (Fsp3) is 0.500. The molecule has 4 fully saturated rings. The van der Waals surface area contributed by atoms with Crippen LogP contribution in [0.25, 0.3) is 10.8 Å². The maximum absolute atomic E-state index is 12.5. The molecule has 29 heavy (non-hydrogen) atoms. The van der Waals surface area contributed by atoms with E-state index in [1.165, 1.54) is 38.5 Å². The fourth-order valence-electron chi connectivity index (χ4n) is 6.47. The molecule has 2 aromatic rings. The van der Waals surface area contributed by atoms with Crippen molar-refractivity contribution in [3.8, 4) is 5.75 Å². The van der Waals surface area contributed by atoms with Crippen LogP contribution < -0.4 is 15.6 Å². The van der Waals surface area contributed by atoms with E-state index >= 15 is 0 Å². The SMILES string of the molecule is O=C(COc1ccc2ccccc2c1)NNC(=O)CC12CC3CC(CC(C3)C1)C2. The van der Waals surface area contributed by atoms with Crippen molar-refractivity contribution in [3.63, 3.8) is 0 Å². The average molecular weight is 392 g/mol. The van der Waals surface area contributed by atoms with Crippen LogP contribution in [0.1, 0.15) is 44.9 Å². The number of hydrogen-bond acceptors (Lipinski definition) is 3. The van der Waals surface area contributed by atoms with E-state index in [1.807, 2.05) is 42.5 Å². The second-order valence-electron chi connectivity index (χ2n) is 9.49. The van der Waals surface area contributed by atoms with Crippen LogP contribution in [0.4, 0.5) is 0 Å². The molecule has 2 aromatic carbocycles. The number of ether oxygens (including phenoxy) is 1. The summed E-state index contributed by atoms with van der Waals surface area (Å²) < 4.78 is 5.58. The zero-order chi connectivity index (χ0) is 19.8. The van der Waals surface area contributed by atoms with E-state index in [2.05, 4.69) is 10.9 Å². The fourth-order valence-corrected chi connectivity index (χ4v) is 6.47. The van der Waals surface area contributed by atoms with Gasteiger partial charge in [0.15, 0.2) is 6.61 Å². The molecule has 0 radical (unpaired) electrons. The molecule has 4 saturated carbocycles. The van der Waals surface area contributed by atoms with E-state index < -0.39 is 0 Å². The third-order valence-electron chi connectivity index (χ3n) is 7.13. The van der Waals surface area contributed by atoms with Crippen molar-refractivity contribution in [2.45, 2.75) is 44.9 Å². The summed E-state index contributed by atoms with van der Waals surface area (Å²) in [5.41, 5.74) is 5.29. The van der Waals surface area contributed by atoms with Gasteiger partial charge in [0, 0.05) is 6.42 Å². The molecule has 0 atom stereocenters. The number of nitrogens with one attached hydrogen (secondary N) is 2. The minimum atomic E-state index is -0.350. The normalized spacial score (nSPS) is 29.6. The van der Waals surface area contributed by atoms with Crippen LogP contribution in [0.3, 0.4) is 0 Å². The van der Waals surface area contributed by atoms with Gasteiger partial charge in [-0.2, -0.15) is 0 Å². The Kier molecular flexibility index (Phi) is 4.69. The van der Waals surface area contributed by atoms with Crippen molar-refractivity contribution >= 4 is 22.6 Å². The predicted molar refractivity (Wildman–Crippen MR) is 111 cm³/mol. The summed E-state index contributed by atoms with van der Waals surface area (Å²) in [4.78, 5) is 24.6. The number of benzene rings is 2. The number of carbonyl (C=O) groups is 2. The Morgan fingerprint density at radius 3 is 2.17 bits per heavy atom. The van der Waals surface area contributed by atoms with Crippen molar-refractivity contribution < 1.29 is 14.3 Å². The molecule has 2 amide bonds. The molecule has 5 heteroatoms. The average Bonchev–Trinajstić information content (AvgIpc) is 2.69. The van der Waals surface area contributed by atoms with Crippen LogP contribution in [-0.2, 0) is 9.59 Å². The molecule has 0 saturated heterocycles. The van der Waals surface area contributed by atoms with E-state index in [0.29, 0.717) is 12.2 Å². The molecule has 4 aliphatic rings. The molecule has 0 heterocycles. The van der Waals surface area contributed by atoms with E-state index in [9.17, 15) is 9.59 Å².